The Morgan fingerprint density at radius 3 is 2.09 bits per heavy atom. The number of hydrogen-bond donors (Lipinski definition) is 2. The third-order valence-electron chi connectivity index (χ3n) is 3.45. The average molecular weight is 305 g/mol. The molecule has 0 aliphatic rings. The molecule has 0 aliphatic carbocycles. The van der Waals surface area contributed by atoms with Crippen molar-refractivity contribution in [3.63, 3.8) is 0 Å². The van der Waals surface area contributed by atoms with Gasteiger partial charge in [-0.25, -0.2) is 0 Å². The molecular formula is C20H19NO2. The van der Waals surface area contributed by atoms with E-state index in [0.29, 0.717) is 23.1 Å². The first kappa shape index (κ1) is 16.4. The lowest BCUT2D eigenvalue weighted by atomic mass is 10.0. The van der Waals surface area contributed by atoms with Crippen molar-refractivity contribution in [3.05, 3.63) is 70.3 Å². The monoisotopic (exact) mass is 305 g/mol. The van der Waals surface area contributed by atoms with E-state index >= 15 is 0 Å². The highest BCUT2D eigenvalue weighted by Crippen LogP contribution is 2.30. The van der Waals surface area contributed by atoms with Gasteiger partial charge in [-0.3, -0.25) is 0 Å². The molecule has 2 rings (SSSR count). The van der Waals surface area contributed by atoms with E-state index in [4.69, 9.17) is 5.26 Å². The van der Waals surface area contributed by atoms with Gasteiger partial charge in [0.05, 0.1) is 11.6 Å². The molecule has 116 valence electrons. The first-order chi connectivity index (χ1) is 11.0. The van der Waals surface area contributed by atoms with E-state index < -0.39 is 0 Å². The van der Waals surface area contributed by atoms with Crippen LogP contribution in [0.2, 0.25) is 0 Å². The van der Waals surface area contributed by atoms with Crippen LogP contribution in [0.5, 0.6) is 11.5 Å². The number of aromatic hydroxyl groups is 2. The number of phenolic OH excluding ortho intramolecular Hbond substituents is 2. The van der Waals surface area contributed by atoms with Crippen LogP contribution in [-0.2, 0) is 6.42 Å². The van der Waals surface area contributed by atoms with Gasteiger partial charge in [0.2, 0.25) is 0 Å². The van der Waals surface area contributed by atoms with Crippen LogP contribution in [0.1, 0.15) is 36.1 Å². The van der Waals surface area contributed by atoms with E-state index in [2.05, 4.69) is 6.07 Å². The summed E-state index contributed by atoms with van der Waals surface area (Å²) in [6.07, 6.45) is 6.14. The van der Waals surface area contributed by atoms with E-state index in [0.717, 1.165) is 11.1 Å². The minimum absolute atomic E-state index is 0.0852. The molecule has 0 spiro atoms. The molecule has 0 unspecified atom stereocenters. The second kappa shape index (κ2) is 7.33. The molecule has 0 bridgehead atoms. The molecule has 2 aromatic rings. The zero-order valence-corrected chi connectivity index (χ0v) is 13.2. The van der Waals surface area contributed by atoms with Crippen LogP contribution in [0.3, 0.4) is 0 Å². The fourth-order valence-corrected chi connectivity index (χ4v) is 2.14. The zero-order valence-electron chi connectivity index (χ0n) is 13.2. The largest absolute Gasteiger partial charge is 0.507 e. The Balaban J connectivity index is 2.22. The molecule has 0 amide bonds. The Bertz CT molecular complexity index is 766. The minimum Gasteiger partial charge on any atom is -0.507 e. The van der Waals surface area contributed by atoms with Crippen molar-refractivity contribution in [2.45, 2.75) is 20.3 Å². The Morgan fingerprint density at radius 2 is 1.57 bits per heavy atom. The van der Waals surface area contributed by atoms with E-state index in [1.807, 2.05) is 44.2 Å². The maximum absolute atomic E-state index is 10.1. The van der Waals surface area contributed by atoms with E-state index in [1.165, 1.54) is 0 Å². The van der Waals surface area contributed by atoms with Crippen molar-refractivity contribution in [3.8, 4) is 17.6 Å². The average Bonchev–Trinajstić information content (AvgIpc) is 2.52. The zero-order chi connectivity index (χ0) is 16.8. The second-order valence-electron chi connectivity index (χ2n) is 5.59. The van der Waals surface area contributed by atoms with Gasteiger partial charge >= 0.3 is 0 Å². The molecule has 0 saturated heterocycles. The maximum atomic E-state index is 10.1. The molecule has 2 N–H and O–H groups in total. The van der Waals surface area contributed by atoms with Crippen molar-refractivity contribution in [1.82, 2.24) is 0 Å². The maximum Gasteiger partial charge on any atom is 0.123 e. The Kier molecular flexibility index (Phi) is 5.22. The van der Waals surface area contributed by atoms with Crippen LogP contribution in [0, 0.1) is 11.3 Å². The quantitative estimate of drug-likeness (QED) is 0.638. The number of allylic oxidation sites excluding steroid dienone is 2. The summed E-state index contributed by atoms with van der Waals surface area (Å²) in [5.74, 6) is 0.170. The van der Waals surface area contributed by atoms with Crippen LogP contribution in [-0.4, -0.2) is 10.2 Å². The molecule has 0 heterocycles. The highest BCUT2D eigenvalue weighted by atomic mass is 16.3. The topological polar surface area (TPSA) is 64.2 Å². The predicted molar refractivity (Wildman–Crippen MR) is 93.0 cm³/mol. The van der Waals surface area contributed by atoms with Crippen molar-refractivity contribution in [2.75, 3.05) is 0 Å². The molecule has 0 aromatic heterocycles. The fraction of sp³-hybridized carbons (Fsp3) is 0.150. The summed E-state index contributed by atoms with van der Waals surface area (Å²) in [4.78, 5) is 0. The van der Waals surface area contributed by atoms with Gasteiger partial charge in [-0.05, 0) is 55.7 Å². The Hall–Kier alpha value is -2.99. The summed E-state index contributed by atoms with van der Waals surface area (Å²) in [6, 6.07) is 12.5. The molecule has 0 aliphatic heterocycles. The van der Waals surface area contributed by atoms with Crippen molar-refractivity contribution < 1.29 is 10.2 Å². The molecule has 23 heavy (non-hydrogen) atoms. The van der Waals surface area contributed by atoms with E-state index in [-0.39, 0.29) is 11.5 Å². The first-order valence-electron chi connectivity index (χ1n) is 7.36. The highest BCUT2D eigenvalue weighted by Gasteiger charge is 2.07. The smallest absolute Gasteiger partial charge is 0.123 e. The van der Waals surface area contributed by atoms with Gasteiger partial charge in [0.1, 0.15) is 11.5 Å². The van der Waals surface area contributed by atoms with Crippen LogP contribution in [0.25, 0.3) is 12.2 Å². The number of rotatable bonds is 4. The van der Waals surface area contributed by atoms with Gasteiger partial charge in [-0.1, -0.05) is 35.9 Å². The van der Waals surface area contributed by atoms with Gasteiger partial charge in [-0.2, -0.15) is 5.26 Å². The third-order valence-corrected chi connectivity index (χ3v) is 3.45. The molecule has 0 fully saturated rings. The van der Waals surface area contributed by atoms with Gasteiger partial charge in [0, 0.05) is 5.56 Å². The molecule has 3 heteroatoms. The fourth-order valence-electron chi connectivity index (χ4n) is 2.14. The number of nitriles is 1. The summed E-state index contributed by atoms with van der Waals surface area (Å²) in [5.41, 5.74) is 3.93. The molecule has 0 saturated carbocycles. The van der Waals surface area contributed by atoms with Crippen molar-refractivity contribution in [2.24, 2.45) is 0 Å². The van der Waals surface area contributed by atoms with Crippen LogP contribution >= 0.6 is 0 Å². The molecule has 0 atom stereocenters. The lowest BCUT2D eigenvalue weighted by Gasteiger charge is -2.07. The number of phenols is 2. The molecule has 2 aromatic carbocycles. The third kappa shape index (κ3) is 4.49. The van der Waals surface area contributed by atoms with Gasteiger partial charge < -0.3 is 10.2 Å². The summed E-state index contributed by atoms with van der Waals surface area (Å²) < 4.78 is 0. The van der Waals surface area contributed by atoms with Gasteiger partial charge in [-0.15, -0.1) is 0 Å². The standard InChI is InChI=1S/C20H19NO2/c1-14(2)3-10-18-19(22)11-17(12-20(18)23)9-6-15-4-7-16(13-21)8-5-15/h3-9,11-12,22-23H,10H2,1-2H3/b9-6+. The minimum atomic E-state index is 0.0852. The van der Waals surface area contributed by atoms with Gasteiger partial charge in [0.25, 0.3) is 0 Å². The lowest BCUT2D eigenvalue weighted by molar-refractivity contribution is 0.440. The molecule has 3 nitrogen and oxygen atoms in total. The lowest BCUT2D eigenvalue weighted by Crippen LogP contribution is -1.87. The number of hydrogen-bond acceptors (Lipinski definition) is 3. The number of benzene rings is 2. The van der Waals surface area contributed by atoms with Gasteiger partial charge in [0.15, 0.2) is 0 Å². The first-order valence-corrected chi connectivity index (χ1v) is 7.36. The Labute approximate surface area is 136 Å². The number of nitrogens with zero attached hydrogens (tertiary/aromatic N) is 1. The summed E-state index contributed by atoms with van der Waals surface area (Å²) in [7, 11) is 0. The normalized spacial score (nSPS) is 10.5. The van der Waals surface area contributed by atoms with Crippen LogP contribution in [0.4, 0.5) is 0 Å². The van der Waals surface area contributed by atoms with E-state index in [1.54, 1.807) is 24.3 Å². The van der Waals surface area contributed by atoms with E-state index in [9.17, 15) is 10.2 Å². The summed E-state index contributed by atoms with van der Waals surface area (Å²) in [5, 5.41) is 29.0. The van der Waals surface area contributed by atoms with Crippen LogP contribution in [0.15, 0.2) is 48.0 Å². The predicted octanol–water partition coefficient (Wildman–Crippen LogP) is 4.65. The van der Waals surface area contributed by atoms with Crippen LogP contribution < -0.4 is 0 Å². The van der Waals surface area contributed by atoms with Crippen molar-refractivity contribution in [1.29, 1.82) is 5.26 Å². The summed E-state index contributed by atoms with van der Waals surface area (Å²) >= 11 is 0. The molecular weight excluding hydrogens is 286 g/mol. The molecule has 0 radical (unpaired) electrons. The van der Waals surface area contributed by atoms with Crippen molar-refractivity contribution >= 4 is 12.2 Å². The SMILES string of the molecule is CC(C)=CCc1c(O)cc(/C=C/c2ccc(C#N)cc2)cc1O. The summed E-state index contributed by atoms with van der Waals surface area (Å²) in [6.45, 7) is 3.95. The Morgan fingerprint density at radius 1 is 1.00 bits per heavy atom. The second-order valence-corrected chi connectivity index (χ2v) is 5.59. The highest BCUT2D eigenvalue weighted by molar-refractivity contribution is 5.72.